The van der Waals surface area contributed by atoms with E-state index >= 15 is 0 Å². The first-order chi connectivity index (χ1) is 13.5. The highest BCUT2D eigenvalue weighted by Gasteiger charge is 2.45. The maximum absolute atomic E-state index is 12.7. The number of nitro groups is 1. The van der Waals surface area contributed by atoms with Crippen LogP contribution in [0.5, 0.6) is 0 Å². The zero-order valence-corrected chi connectivity index (χ0v) is 15.4. The Morgan fingerprint density at radius 2 is 1.75 bits per heavy atom. The quantitative estimate of drug-likeness (QED) is 0.270. The van der Waals surface area contributed by atoms with Gasteiger partial charge in [0.1, 0.15) is 5.76 Å². The highest BCUT2D eigenvalue weighted by molar-refractivity contribution is 6.46. The molecule has 7 heteroatoms. The summed E-state index contributed by atoms with van der Waals surface area (Å²) < 4.78 is 0. The molecule has 144 valence electrons. The molecule has 1 N–H and O–H groups in total. The van der Waals surface area contributed by atoms with Crippen molar-refractivity contribution in [2.75, 3.05) is 6.54 Å². The van der Waals surface area contributed by atoms with Crippen LogP contribution in [0.15, 0.2) is 60.2 Å². The molecule has 0 aromatic heterocycles. The number of hydrogen-bond donors (Lipinski definition) is 1. The van der Waals surface area contributed by atoms with E-state index in [1.165, 1.54) is 29.2 Å². The summed E-state index contributed by atoms with van der Waals surface area (Å²) in [6.07, 6.45) is 1.58. The van der Waals surface area contributed by atoms with Gasteiger partial charge in [-0.05, 0) is 24.1 Å². The van der Waals surface area contributed by atoms with Gasteiger partial charge in [-0.2, -0.15) is 0 Å². The SMILES string of the molecule is CCCCN1C(=O)C(=O)/C(=C(\O)c2ccc([N+](=O)[O-])cc2)C1c1ccccc1. The van der Waals surface area contributed by atoms with Gasteiger partial charge < -0.3 is 10.0 Å². The minimum Gasteiger partial charge on any atom is -0.507 e. The van der Waals surface area contributed by atoms with Gasteiger partial charge in [0.05, 0.1) is 16.5 Å². The first-order valence-corrected chi connectivity index (χ1v) is 9.04. The third kappa shape index (κ3) is 3.51. The molecule has 1 fully saturated rings. The lowest BCUT2D eigenvalue weighted by molar-refractivity contribution is -0.384. The standard InChI is InChI=1S/C21H20N2O5/c1-2-3-13-22-18(14-7-5-4-6-8-14)17(20(25)21(22)26)19(24)15-9-11-16(12-10-15)23(27)28/h4-12,18,24H,2-3,13H2,1H3/b19-17-. The molecule has 2 aromatic carbocycles. The minimum atomic E-state index is -0.749. The summed E-state index contributed by atoms with van der Waals surface area (Å²) in [7, 11) is 0. The van der Waals surface area contributed by atoms with Crippen LogP contribution in [0, 0.1) is 10.1 Å². The number of hydrogen-bond acceptors (Lipinski definition) is 5. The number of rotatable bonds is 6. The molecule has 0 saturated carbocycles. The van der Waals surface area contributed by atoms with Crippen LogP contribution in [-0.4, -0.2) is 33.2 Å². The summed E-state index contributed by atoms with van der Waals surface area (Å²) in [5.74, 6) is -1.73. The number of nitro benzene ring substituents is 1. The highest BCUT2D eigenvalue weighted by atomic mass is 16.6. The number of aliphatic hydroxyl groups excluding tert-OH is 1. The van der Waals surface area contributed by atoms with Gasteiger partial charge in [0.25, 0.3) is 17.4 Å². The van der Waals surface area contributed by atoms with Crippen molar-refractivity contribution in [1.82, 2.24) is 4.90 Å². The number of likely N-dealkylation sites (tertiary alicyclic amines) is 1. The van der Waals surface area contributed by atoms with Crippen molar-refractivity contribution in [3.05, 3.63) is 81.4 Å². The van der Waals surface area contributed by atoms with E-state index in [0.29, 0.717) is 6.54 Å². The number of benzene rings is 2. The second-order valence-electron chi connectivity index (χ2n) is 6.56. The molecule has 1 atom stereocenters. The molecule has 3 rings (SSSR count). The number of amides is 1. The van der Waals surface area contributed by atoms with Crippen LogP contribution in [0.4, 0.5) is 5.69 Å². The molecule has 1 aliphatic heterocycles. The van der Waals surface area contributed by atoms with E-state index in [1.54, 1.807) is 24.3 Å². The third-order valence-electron chi connectivity index (χ3n) is 4.76. The summed E-state index contributed by atoms with van der Waals surface area (Å²) in [5.41, 5.74) is 0.849. The molecular weight excluding hydrogens is 360 g/mol. The molecule has 0 bridgehead atoms. The fourth-order valence-electron chi connectivity index (χ4n) is 3.32. The fourth-order valence-corrected chi connectivity index (χ4v) is 3.32. The Hall–Kier alpha value is -3.48. The Morgan fingerprint density at radius 1 is 1.11 bits per heavy atom. The van der Waals surface area contributed by atoms with E-state index in [-0.39, 0.29) is 22.6 Å². The van der Waals surface area contributed by atoms with Crippen LogP contribution < -0.4 is 0 Å². The summed E-state index contributed by atoms with van der Waals surface area (Å²) in [4.78, 5) is 37.1. The van der Waals surface area contributed by atoms with Crippen molar-refractivity contribution in [3.63, 3.8) is 0 Å². The van der Waals surface area contributed by atoms with Gasteiger partial charge in [-0.1, -0.05) is 43.7 Å². The van der Waals surface area contributed by atoms with Crippen molar-refractivity contribution in [2.45, 2.75) is 25.8 Å². The van der Waals surface area contributed by atoms with Gasteiger partial charge in [0, 0.05) is 24.2 Å². The van der Waals surface area contributed by atoms with Crippen LogP contribution in [0.3, 0.4) is 0 Å². The molecule has 1 saturated heterocycles. The lowest BCUT2D eigenvalue weighted by Gasteiger charge is -2.25. The fraction of sp³-hybridized carbons (Fsp3) is 0.238. The van der Waals surface area contributed by atoms with Crippen LogP contribution in [0.1, 0.15) is 36.9 Å². The second kappa shape index (κ2) is 8.04. The van der Waals surface area contributed by atoms with E-state index in [1.807, 2.05) is 13.0 Å². The van der Waals surface area contributed by atoms with Gasteiger partial charge in [-0.25, -0.2) is 0 Å². The molecule has 0 aliphatic carbocycles. The molecule has 1 amide bonds. The maximum Gasteiger partial charge on any atom is 0.295 e. The van der Waals surface area contributed by atoms with Crippen LogP contribution in [0.25, 0.3) is 5.76 Å². The Labute approximate surface area is 162 Å². The minimum absolute atomic E-state index is 0.00107. The lowest BCUT2D eigenvalue weighted by Crippen LogP contribution is -2.30. The molecule has 28 heavy (non-hydrogen) atoms. The maximum atomic E-state index is 12.7. The molecule has 2 aromatic rings. The van der Waals surface area contributed by atoms with Gasteiger partial charge in [-0.3, -0.25) is 19.7 Å². The first-order valence-electron chi connectivity index (χ1n) is 9.04. The predicted molar refractivity (Wildman–Crippen MR) is 103 cm³/mol. The van der Waals surface area contributed by atoms with Crippen molar-refractivity contribution >= 4 is 23.1 Å². The van der Waals surface area contributed by atoms with Gasteiger partial charge in [0.15, 0.2) is 0 Å². The number of carbonyl (C=O) groups excluding carboxylic acids is 2. The molecule has 0 radical (unpaired) electrons. The second-order valence-corrected chi connectivity index (χ2v) is 6.56. The Kier molecular flexibility index (Phi) is 5.54. The van der Waals surface area contributed by atoms with Crippen molar-refractivity contribution in [2.24, 2.45) is 0 Å². The third-order valence-corrected chi connectivity index (χ3v) is 4.76. The largest absolute Gasteiger partial charge is 0.507 e. The van der Waals surface area contributed by atoms with Crippen LogP contribution in [-0.2, 0) is 9.59 Å². The normalized spacial score (nSPS) is 18.5. The zero-order chi connectivity index (χ0) is 20.3. The molecule has 7 nitrogen and oxygen atoms in total. The molecule has 0 spiro atoms. The summed E-state index contributed by atoms with van der Waals surface area (Å²) in [6.45, 7) is 2.39. The first kappa shape index (κ1) is 19.3. The number of ketones is 1. The number of aliphatic hydroxyl groups is 1. The molecule has 1 aliphatic rings. The molecule has 1 heterocycles. The molecule has 1 unspecified atom stereocenters. The smallest absolute Gasteiger partial charge is 0.295 e. The number of non-ortho nitro benzene ring substituents is 1. The average Bonchev–Trinajstić information content (AvgIpc) is 2.97. The number of carbonyl (C=O) groups is 2. The van der Waals surface area contributed by atoms with Gasteiger partial charge >= 0.3 is 0 Å². The zero-order valence-electron chi connectivity index (χ0n) is 15.4. The summed E-state index contributed by atoms with van der Waals surface area (Å²) in [5, 5.41) is 21.7. The van der Waals surface area contributed by atoms with E-state index in [9.17, 15) is 24.8 Å². The van der Waals surface area contributed by atoms with Crippen LogP contribution in [0.2, 0.25) is 0 Å². The van der Waals surface area contributed by atoms with Crippen molar-refractivity contribution in [1.29, 1.82) is 0 Å². The predicted octanol–water partition coefficient (Wildman–Crippen LogP) is 3.82. The highest BCUT2D eigenvalue weighted by Crippen LogP contribution is 2.39. The van der Waals surface area contributed by atoms with Gasteiger partial charge in [-0.15, -0.1) is 0 Å². The monoisotopic (exact) mass is 380 g/mol. The van der Waals surface area contributed by atoms with Crippen molar-refractivity contribution < 1.29 is 19.6 Å². The van der Waals surface area contributed by atoms with Gasteiger partial charge in [0.2, 0.25) is 0 Å². The van der Waals surface area contributed by atoms with Crippen LogP contribution >= 0.6 is 0 Å². The lowest BCUT2D eigenvalue weighted by atomic mass is 9.95. The summed E-state index contributed by atoms with van der Waals surface area (Å²) >= 11 is 0. The summed E-state index contributed by atoms with van der Waals surface area (Å²) in [6, 6.07) is 13.6. The average molecular weight is 380 g/mol. The number of unbranched alkanes of at least 4 members (excludes halogenated alkanes) is 1. The Morgan fingerprint density at radius 3 is 2.32 bits per heavy atom. The Balaban J connectivity index is 2.11. The Bertz CT molecular complexity index is 935. The van der Waals surface area contributed by atoms with E-state index < -0.39 is 22.7 Å². The molecular formula is C21H20N2O5. The van der Waals surface area contributed by atoms with E-state index in [0.717, 1.165) is 18.4 Å². The number of nitrogens with zero attached hydrogens (tertiary/aromatic N) is 2. The topological polar surface area (TPSA) is 101 Å². The number of Topliss-reactive ketones (excluding diaryl/α,β-unsaturated/α-hetero) is 1. The van der Waals surface area contributed by atoms with E-state index in [2.05, 4.69) is 0 Å². The van der Waals surface area contributed by atoms with E-state index in [4.69, 9.17) is 0 Å². The van der Waals surface area contributed by atoms with Crippen molar-refractivity contribution in [3.8, 4) is 0 Å².